The molecule has 0 radical (unpaired) electrons. The molecule has 0 heterocycles. The first-order valence-electron chi connectivity index (χ1n) is 7.68. The highest BCUT2D eigenvalue weighted by molar-refractivity contribution is 6.35. The van der Waals surface area contributed by atoms with Crippen molar-refractivity contribution in [1.29, 1.82) is 0 Å². The van der Waals surface area contributed by atoms with Gasteiger partial charge < -0.3 is 5.32 Å². The van der Waals surface area contributed by atoms with Gasteiger partial charge in [-0.2, -0.15) is 0 Å². The fourth-order valence-electron chi connectivity index (χ4n) is 2.15. The van der Waals surface area contributed by atoms with Crippen LogP contribution in [0.1, 0.15) is 31.4 Å². The number of likely N-dealkylation sites (N-methyl/N-ethyl adjacent to an activating group) is 1. The van der Waals surface area contributed by atoms with Crippen molar-refractivity contribution in [2.45, 2.75) is 31.8 Å². The Morgan fingerprint density at radius 1 is 1.13 bits per heavy atom. The molecule has 124 valence electrons. The largest absolute Gasteiger partial charge is 0.345 e. The van der Waals surface area contributed by atoms with Gasteiger partial charge in [0.25, 0.3) is 5.91 Å². The molecule has 7 heteroatoms. The van der Waals surface area contributed by atoms with Crippen LogP contribution in [0.15, 0.2) is 30.3 Å². The van der Waals surface area contributed by atoms with Crippen molar-refractivity contribution in [2.75, 3.05) is 13.6 Å². The van der Waals surface area contributed by atoms with Crippen molar-refractivity contribution in [1.82, 2.24) is 21.1 Å². The fraction of sp³-hybridized carbons (Fsp3) is 0.438. The van der Waals surface area contributed by atoms with Gasteiger partial charge in [0.2, 0.25) is 0 Å². The molecule has 0 aliphatic heterocycles. The molecule has 1 aliphatic rings. The lowest BCUT2D eigenvalue weighted by Crippen LogP contribution is -2.51. The lowest BCUT2D eigenvalue weighted by atomic mass is 10.1. The average Bonchev–Trinajstić information content (AvgIpc) is 3.37. The molecule has 0 bridgehead atoms. The summed E-state index contributed by atoms with van der Waals surface area (Å²) in [7, 11) is 1.82. The summed E-state index contributed by atoms with van der Waals surface area (Å²) in [4.78, 5) is 37.5. The summed E-state index contributed by atoms with van der Waals surface area (Å²) in [5.74, 6) is -1.99. The third-order valence-electron chi connectivity index (χ3n) is 3.72. The van der Waals surface area contributed by atoms with Gasteiger partial charge in [0.15, 0.2) is 0 Å². The minimum atomic E-state index is -0.865. The quantitative estimate of drug-likeness (QED) is 0.531. The second kappa shape index (κ2) is 7.73. The van der Waals surface area contributed by atoms with Crippen molar-refractivity contribution in [3.05, 3.63) is 35.9 Å². The smallest absolute Gasteiger partial charge is 0.327 e. The molecule has 3 N–H and O–H groups in total. The van der Waals surface area contributed by atoms with Gasteiger partial charge in [0.1, 0.15) is 6.04 Å². The Kier molecular flexibility index (Phi) is 5.70. The summed E-state index contributed by atoms with van der Waals surface area (Å²) < 4.78 is 0. The Bertz CT molecular complexity index is 572. The fourth-order valence-corrected chi connectivity index (χ4v) is 2.15. The number of hydrogen-bond donors (Lipinski definition) is 3. The number of rotatable bonds is 5. The van der Waals surface area contributed by atoms with E-state index < -0.39 is 23.8 Å². The van der Waals surface area contributed by atoms with Crippen molar-refractivity contribution < 1.29 is 14.4 Å². The van der Waals surface area contributed by atoms with Gasteiger partial charge in [0.05, 0.1) is 0 Å². The predicted molar refractivity (Wildman–Crippen MR) is 84.9 cm³/mol. The number of carbonyl (C=O) groups is 3. The molecular weight excluding hydrogens is 296 g/mol. The lowest BCUT2D eigenvalue weighted by molar-refractivity contribution is -0.141. The Morgan fingerprint density at radius 3 is 2.35 bits per heavy atom. The summed E-state index contributed by atoms with van der Waals surface area (Å²) in [6, 6.07) is 8.80. The first-order valence-corrected chi connectivity index (χ1v) is 7.68. The number of benzene rings is 1. The molecule has 1 aromatic carbocycles. The van der Waals surface area contributed by atoms with Crippen LogP contribution in [0.5, 0.6) is 0 Å². The third-order valence-corrected chi connectivity index (χ3v) is 3.72. The third kappa shape index (κ3) is 4.79. The van der Waals surface area contributed by atoms with Crippen molar-refractivity contribution in [3.8, 4) is 0 Å². The minimum Gasteiger partial charge on any atom is -0.345 e. The first-order chi connectivity index (χ1) is 11.0. The summed E-state index contributed by atoms with van der Waals surface area (Å²) in [5.41, 5.74) is 5.31. The van der Waals surface area contributed by atoms with E-state index in [2.05, 4.69) is 16.2 Å². The van der Waals surface area contributed by atoms with Crippen LogP contribution in [-0.2, 0) is 14.4 Å². The highest BCUT2D eigenvalue weighted by Crippen LogP contribution is 2.19. The van der Waals surface area contributed by atoms with Crippen LogP contribution < -0.4 is 16.2 Å². The monoisotopic (exact) mass is 318 g/mol. The summed E-state index contributed by atoms with van der Waals surface area (Å²) in [6.45, 7) is 2.59. The minimum absolute atomic E-state index is 0.0900. The maximum atomic E-state index is 12.4. The molecule has 7 nitrogen and oxygen atoms in total. The Balaban J connectivity index is 1.95. The number of carbonyl (C=O) groups excluding carboxylic acids is 3. The first kappa shape index (κ1) is 17.0. The topological polar surface area (TPSA) is 90.5 Å². The molecule has 0 saturated heterocycles. The number of hydrazine groups is 1. The van der Waals surface area contributed by atoms with Crippen molar-refractivity contribution >= 4 is 17.7 Å². The van der Waals surface area contributed by atoms with Gasteiger partial charge in [-0.1, -0.05) is 37.3 Å². The molecule has 1 aliphatic carbocycles. The number of nitrogens with zero attached hydrogens (tertiary/aromatic N) is 1. The van der Waals surface area contributed by atoms with Gasteiger partial charge in [-0.25, -0.2) is 0 Å². The SMILES string of the molecule is CCN(C)C(C(=O)NNC(=O)C(=O)NC1CC1)c1ccccc1. The second-order valence-corrected chi connectivity index (χ2v) is 5.58. The van der Waals surface area contributed by atoms with E-state index in [4.69, 9.17) is 0 Å². The molecule has 1 unspecified atom stereocenters. The van der Waals surface area contributed by atoms with E-state index in [1.54, 1.807) is 0 Å². The van der Waals surface area contributed by atoms with Crippen LogP contribution in [0.25, 0.3) is 0 Å². The van der Waals surface area contributed by atoms with E-state index in [9.17, 15) is 14.4 Å². The van der Waals surface area contributed by atoms with Gasteiger partial charge in [-0.3, -0.25) is 30.1 Å². The van der Waals surface area contributed by atoms with Crippen LogP contribution in [0.4, 0.5) is 0 Å². The molecule has 0 spiro atoms. The molecular formula is C16H22N4O3. The molecule has 1 fully saturated rings. The molecule has 1 aromatic rings. The number of nitrogens with one attached hydrogen (secondary N) is 3. The van der Waals surface area contributed by atoms with Gasteiger partial charge in [-0.05, 0) is 32.0 Å². The van der Waals surface area contributed by atoms with Crippen LogP contribution >= 0.6 is 0 Å². The maximum absolute atomic E-state index is 12.4. The number of amides is 3. The average molecular weight is 318 g/mol. The summed E-state index contributed by atoms with van der Waals surface area (Å²) >= 11 is 0. The number of hydrogen-bond acceptors (Lipinski definition) is 4. The highest BCUT2D eigenvalue weighted by atomic mass is 16.2. The molecule has 23 heavy (non-hydrogen) atoms. The maximum Gasteiger partial charge on any atom is 0.327 e. The van der Waals surface area contributed by atoms with Crippen LogP contribution in [-0.4, -0.2) is 42.3 Å². The lowest BCUT2D eigenvalue weighted by Gasteiger charge is -2.26. The van der Waals surface area contributed by atoms with E-state index in [0.717, 1.165) is 18.4 Å². The zero-order valence-electron chi connectivity index (χ0n) is 13.3. The van der Waals surface area contributed by atoms with Crippen molar-refractivity contribution in [2.24, 2.45) is 0 Å². The predicted octanol–water partition coefficient (Wildman–Crippen LogP) is 0.105. The Morgan fingerprint density at radius 2 is 1.78 bits per heavy atom. The normalized spacial score (nSPS) is 14.9. The van der Waals surface area contributed by atoms with Gasteiger partial charge in [-0.15, -0.1) is 0 Å². The van der Waals surface area contributed by atoms with E-state index in [1.807, 2.05) is 49.2 Å². The van der Waals surface area contributed by atoms with E-state index >= 15 is 0 Å². The van der Waals surface area contributed by atoms with Gasteiger partial charge >= 0.3 is 11.8 Å². The van der Waals surface area contributed by atoms with E-state index in [1.165, 1.54) is 0 Å². The van der Waals surface area contributed by atoms with Crippen LogP contribution in [0, 0.1) is 0 Å². The zero-order chi connectivity index (χ0) is 16.8. The Labute approximate surface area is 135 Å². The van der Waals surface area contributed by atoms with E-state index in [0.29, 0.717) is 6.54 Å². The summed E-state index contributed by atoms with van der Waals surface area (Å²) in [6.07, 6.45) is 1.78. The molecule has 3 amide bonds. The van der Waals surface area contributed by atoms with Crippen LogP contribution in [0.2, 0.25) is 0 Å². The highest BCUT2D eigenvalue weighted by Gasteiger charge is 2.28. The van der Waals surface area contributed by atoms with Crippen LogP contribution in [0.3, 0.4) is 0 Å². The summed E-state index contributed by atoms with van der Waals surface area (Å²) in [5, 5.41) is 2.56. The standard InChI is InChI=1S/C16H22N4O3/c1-3-20(2)13(11-7-5-4-6-8-11)14(21)18-19-16(23)15(22)17-12-9-10-12/h4-8,12-13H,3,9-10H2,1-2H3,(H,17,22)(H,18,21)(H,19,23). The Hall–Kier alpha value is -2.41. The molecule has 1 atom stereocenters. The molecule has 1 saturated carbocycles. The van der Waals surface area contributed by atoms with Gasteiger partial charge in [0, 0.05) is 6.04 Å². The van der Waals surface area contributed by atoms with Crippen molar-refractivity contribution in [3.63, 3.8) is 0 Å². The molecule has 0 aromatic heterocycles. The zero-order valence-corrected chi connectivity index (χ0v) is 13.3. The molecule has 2 rings (SSSR count). The second-order valence-electron chi connectivity index (χ2n) is 5.58. The van der Waals surface area contributed by atoms with E-state index in [-0.39, 0.29) is 6.04 Å².